The Balaban J connectivity index is 1.46. The topological polar surface area (TPSA) is 102 Å². The normalized spacial score (nSPS) is 18.2. The summed E-state index contributed by atoms with van der Waals surface area (Å²) in [6.45, 7) is 0. The van der Waals surface area contributed by atoms with Crippen molar-refractivity contribution in [3.8, 4) is 11.1 Å². The van der Waals surface area contributed by atoms with Crippen LogP contribution in [0.1, 0.15) is 47.3 Å². The van der Waals surface area contributed by atoms with Crippen LogP contribution in [-0.4, -0.2) is 42.3 Å². The number of amides is 1. The Morgan fingerprint density at radius 1 is 1.15 bits per heavy atom. The Morgan fingerprint density at radius 3 is 2.74 bits per heavy atom. The van der Waals surface area contributed by atoms with Gasteiger partial charge in [-0.2, -0.15) is 5.10 Å². The Labute approximate surface area is 196 Å². The van der Waals surface area contributed by atoms with Crippen LogP contribution >= 0.6 is 0 Å². The minimum absolute atomic E-state index is 0.0726. The van der Waals surface area contributed by atoms with E-state index >= 15 is 0 Å². The SMILES string of the molecule is Cn1cc(-c2ccc(Cc3cc(C(=O)N[C@H]4CCCC[C@@H]4O)c(=O)n4ccccc34)nc2)cn1. The van der Waals surface area contributed by atoms with Gasteiger partial charge in [0.05, 0.1) is 23.9 Å². The zero-order valence-electron chi connectivity index (χ0n) is 19.0. The van der Waals surface area contributed by atoms with Crippen molar-refractivity contribution >= 4 is 11.4 Å². The lowest BCUT2D eigenvalue weighted by Crippen LogP contribution is -2.46. The molecule has 0 spiro atoms. The molecule has 174 valence electrons. The molecule has 2 N–H and O–H groups in total. The molecular formula is C26H27N5O3. The zero-order valence-corrected chi connectivity index (χ0v) is 19.0. The van der Waals surface area contributed by atoms with Gasteiger partial charge in [0.2, 0.25) is 0 Å². The molecule has 4 aromatic heterocycles. The molecule has 4 heterocycles. The van der Waals surface area contributed by atoms with Crippen molar-refractivity contribution in [3.63, 3.8) is 0 Å². The summed E-state index contributed by atoms with van der Waals surface area (Å²) in [6, 6.07) is 10.8. The average Bonchev–Trinajstić information content (AvgIpc) is 3.29. The summed E-state index contributed by atoms with van der Waals surface area (Å²) in [7, 11) is 1.87. The summed E-state index contributed by atoms with van der Waals surface area (Å²) in [4.78, 5) is 30.8. The number of rotatable bonds is 5. The summed E-state index contributed by atoms with van der Waals surface area (Å²) in [5.74, 6) is -0.449. The molecule has 1 aliphatic carbocycles. The number of aliphatic hydroxyl groups excluding tert-OH is 1. The van der Waals surface area contributed by atoms with E-state index in [1.807, 2.05) is 43.7 Å². The maximum absolute atomic E-state index is 13.1. The number of fused-ring (bicyclic) bond motifs is 1. The molecule has 0 aliphatic heterocycles. The minimum atomic E-state index is -0.581. The van der Waals surface area contributed by atoms with Gasteiger partial charge in [-0.25, -0.2) is 0 Å². The monoisotopic (exact) mass is 457 g/mol. The molecule has 1 amide bonds. The van der Waals surface area contributed by atoms with Gasteiger partial charge < -0.3 is 10.4 Å². The van der Waals surface area contributed by atoms with Gasteiger partial charge in [-0.05, 0) is 42.7 Å². The van der Waals surface area contributed by atoms with Gasteiger partial charge in [0.15, 0.2) is 0 Å². The van der Waals surface area contributed by atoms with Crippen molar-refractivity contribution < 1.29 is 9.90 Å². The number of nitrogens with one attached hydrogen (secondary N) is 1. The first-order valence-electron chi connectivity index (χ1n) is 11.6. The lowest BCUT2D eigenvalue weighted by atomic mass is 9.92. The van der Waals surface area contributed by atoms with E-state index in [-0.39, 0.29) is 17.2 Å². The molecule has 1 fully saturated rings. The Hall–Kier alpha value is -3.78. The van der Waals surface area contributed by atoms with E-state index in [1.54, 1.807) is 29.2 Å². The molecule has 0 radical (unpaired) electrons. The number of aliphatic hydroxyl groups is 1. The van der Waals surface area contributed by atoms with Crippen LogP contribution in [0.5, 0.6) is 0 Å². The highest BCUT2D eigenvalue weighted by molar-refractivity contribution is 5.95. The number of carbonyl (C=O) groups excluding carboxylic acids is 1. The molecule has 0 aromatic carbocycles. The van der Waals surface area contributed by atoms with Crippen LogP contribution in [0.15, 0.2) is 66.0 Å². The Morgan fingerprint density at radius 2 is 2.00 bits per heavy atom. The number of nitrogens with zero attached hydrogens (tertiary/aromatic N) is 4. The zero-order chi connectivity index (χ0) is 23.7. The van der Waals surface area contributed by atoms with Crippen molar-refractivity contribution in [2.75, 3.05) is 0 Å². The average molecular weight is 458 g/mol. The van der Waals surface area contributed by atoms with Crippen LogP contribution in [0.4, 0.5) is 0 Å². The second kappa shape index (κ2) is 9.23. The molecule has 8 heteroatoms. The first-order valence-corrected chi connectivity index (χ1v) is 11.6. The predicted molar refractivity (Wildman–Crippen MR) is 129 cm³/mol. The summed E-state index contributed by atoms with van der Waals surface area (Å²) in [6.07, 6.45) is 10.4. The lowest BCUT2D eigenvalue weighted by molar-refractivity contribution is 0.0716. The van der Waals surface area contributed by atoms with Gasteiger partial charge in [-0.1, -0.05) is 25.0 Å². The van der Waals surface area contributed by atoms with Crippen molar-refractivity contribution in [2.45, 2.75) is 44.2 Å². The van der Waals surface area contributed by atoms with Crippen LogP contribution in [0.2, 0.25) is 0 Å². The third-order valence-electron chi connectivity index (χ3n) is 6.48. The van der Waals surface area contributed by atoms with Crippen molar-refractivity contribution in [1.82, 2.24) is 24.5 Å². The molecule has 1 saturated carbocycles. The first-order chi connectivity index (χ1) is 16.5. The first kappa shape index (κ1) is 22.0. The number of carbonyl (C=O) groups is 1. The molecule has 0 bridgehead atoms. The molecule has 34 heavy (non-hydrogen) atoms. The fourth-order valence-electron chi connectivity index (χ4n) is 4.62. The van der Waals surface area contributed by atoms with Crippen LogP contribution in [0, 0.1) is 0 Å². The molecule has 5 rings (SSSR count). The van der Waals surface area contributed by atoms with E-state index in [4.69, 9.17) is 0 Å². The van der Waals surface area contributed by atoms with Gasteiger partial charge >= 0.3 is 0 Å². The van der Waals surface area contributed by atoms with Gasteiger partial charge in [-0.3, -0.25) is 23.7 Å². The maximum Gasteiger partial charge on any atom is 0.267 e. The molecule has 4 aromatic rings. The summed E-state index contributed by atoms with van der Waals surface area (Å²) in [5.41, 5.74) is 4.05. The van der Waals surface area contributed by atoms with Crippen LogP contribution in [-0.2, 0) is 13.5 Å². The molecule has 1 aliphatic rings. The molecule has 0 unspecified atom stereocenters. The van der Waals surface area contributed by atoms with E-state index in [1.165, 1.54) is 4.40 Å². The molecule has 8 nitrogen and oxygen atoms in total. The fraction of sp³-hybridized carbons (Fsp3) is 0.308. The van der Waals surface area contributed by atoms with E-state index in [2.05, 4.69) is 15.4 Å². The van der Waals surface area contributed by atoms with Gasteiger partial charge in [0, 0.05) is 48.9 Å². The second-order valence-corrected chi connectivity index (χ2v) is 8.89. The highest BCUT2D eigenvalue weighted by Gasteiger charge is 2.26. The minimum Gasteiger partial charge on any atom is -0.391 e. The number of aromatic nitrogens is 4. The van der Waals surface area contributed by atoms with Gasteiger partial charge in [-0.15, -0.1) is 0 Å². The van der Waals surface area contributed by atoms with Crippen molar-refractivity contribution in [2.24, 2.45) is 7.05 Å². The van der Waals surface area contributed by atoms with Crippen LogP contribution in [0.3, 0.4) is 0 Å². The Kier molecular flexibility index (Phi) is 5.98. The summed E-state index contributed by atoms with van der Waals surface area (Å²) >= 11 is 0. The predicted octanol–water partition coefficient (Wildman–Crippen LogP) is 2.72. The van der Waals surface area contributed by atoms with Crippen LogP contribution < -0.4 is 10.9 Å². The maximum atomic E-state index is 13.1. The van der Waals surface area contributed by atoms with Gasteiger partial charge in [0.1, 0.15) is 5.56 Å². The van der Waals surface area contributed by atoms with Crippen molar-refractivity contribution in [1.29, 1.82) is 0 Å². The molecule has 2 atom stereocenters. The lowest BCUT2D eigenvalue weighted by Gasteiger charge is -2.28. The number of pyridine rings is 3. The smallest absolute Gasteiger partial charge is 0.267 e. The third kappa shape index (κ3) is 4.36. The third-order valence-corrected chi connectivity index (χ3v) is 6.48. The quantitative estimate of drug-likeness (QED) is 0.480. The second-order valence-electron chi connectivity index (χ2n) is 8.89. The highest BCUT2D eigenvalue weighted by Crippen LogP contribution is 2.21. The van der Waals surface area contributed by atoms with E-state index in [0.29, 0.717) is 19.3 Å². The van der Waals surface area contributed by atoms with E-state index in [0.717, 1.165) is 40.7 Å². The van der Waals surface area contributed by atoms with Gasteiger partial charge in [0.25, 0.3) is 11.5 Å². The van der Waals surface area contributed by atoms with Crippen LogP contribution in [0.25, 0.3) is 16.6 Å². The number of hydrogen-bond donors (Lipinski definition) is 2. The molecular weight excluding hydrogens is 430 g/mol. The Bertz CT molecular complexity index is 1390. The standard InChI is InChI=1S/C26H27N5O3/c1-30-16-19(15-28-30)17-9-10-20(27-14-17)12-18-13-21(26(34)31-11-5-4-7-23(18)31)25(33)29-22-6-2-3-8-24(22)32/h4-5,7,9-11,13-16,22,24,32H,2-3,6,8,12H2,1H3,(H,29,33)/t22-,24-/m0/s1. The van der Waals surface area contributed by atoms with Crippen molar-refractivity contribution in [3.05, 3.63) is 88.4 Å². The summed E-state index contributed by atoms with van der Waals surface area (Å²) in [5, 5.41) is 17.3. The molecule has 0 saturated heterocycles. The summed E-state index contributed by atoms with van der Waals surface area (Å²) < 4.78 is 3.25. The highest BCUT2D eigenvalue weighted by atomic mass is 16.3. The number of aryl methyl sites for hydroxylation is 1. The fourth-order valence-corrected chi connectivity index (χ4v) is 4.62. The van der Waals surface area contributed by atoms with E-state index < -0.39 is 12.0 Å². The number of hydrogen-bond acceptors (Lipinski definition) is 5. The van der Waals surface area contributed by atoms with E-state index in [9.17, 15) is 14.7 Å². The largest absolute Gasteiger partial charge is 0.391 e.